The average molecular weight is 238 g/mol. The highest BCUT2D eigenvalue weighted by Crippen LogP contribution is 2.68. The number of ether oxygens (including phenoxy) is 2. The van der Waals surface area contributed by atoms with Gasteiger partial charge in [-0.2, -0.15) is 0 Å². The highest BCUT2D eigenvalue weighted by atomic mass is 16.7. The van der Waals surface area contributed by atoms with E-state index in [1.165, 1.54) is 19.3 Å². The molecule has 1 saturated heterocycles. The van der Waals surface area contributed by atoms with Crippen LogP contribution in [0.1, 0.15) is 52.4 Å². The summed E-state index contributed by atoms with van der Waals surface area (Å²) in [5.41, 5.74) is -0.699. The third-order valence-corrected chi connectivity index (χ3v) is 5.00. The second-order valence-corrected chi connectivity index (χ2v) is 5.87. The van der Waals surface area contributed by atoms with Crippen molar-refractivity contribution in [2.45, 2.75) is 63.6 Å². The Morgan fingerprint density at radius 2 is 2.24 bits per heavy atom. The van der Waals surface area contributed by atoms with E-state index < -0.39 is 5.60 Å². The Balaban J connectivity index is 1.82. The molecule has 0 aromatic heterocycles. The van der Waals surface area contributed by atoms with E-state index in [4.69, 9.17) is 9.47 Å². The van der Waals surface area contributed by atoms with Crippen molar-refractivity contribution in [3.8, 4) is 0 Å². The summed E-state index contributed by atoms with van der Waals surface area (Å²) in [4.78, 5) is 12.2. The minimum atomic E-state index is -0.572. The fourth-order valence-corrected chi connectivity index (χ4v) is 4.36. The molecular formula is C14H22O3. The lowest BCUT2D eigenvalue weighted by Gasteiger charge is -2.22. The van der Waals surface area contributed by atoms with Gasteiger partial charge in [0.15, 0.2) is 5.60 Å². The maximum atomic E-state index is 12.2. The van der Waals surface area contributed by atoms with Crippen molar-refractivity contribution in [3.05, 3.63) is 0 Å². The molecule has 0 N–H and O–H groups in total. The van der Waals surface area contributed by atoms with Crippen LogP contribution in [0.2, 0.25) is 0 Å². The molecule has 1 spiro atoms. The number of rotatable bonds is 4. The topological polar surface area (TPSA) is 38.8 Å². The van der Waals surface area contributed by atoms with E-state index in [0.717, 1.165) is 25.2 Å². The number of hydrogen-bond donors (Lipinski definition) is 0. The molecule has 4 unspecified atom stereocenters. The smallest absolute Gasteiger partial charge is 0.341 e. The molecule has 96 valence electrons. The van der Waals surface area contributed by atoms with Gasteiger partial charge in [-0.3, -0.25) is 0 Å². The zero-order chi connectivity index (χ0) is 12.1. The first-order valence-electron chi connectivity index (χ1n) is 7.06. The molecule has 0 aromatic carbocycles. The van der Waals surface area contributed by atoms with E-state index in [2.05, 4.69) is 6.92 Å². The molecular weight excluding hydrogens is 216 g/mol. The van der Waals surface area contributed by atoms with E-state index in [-0.39, 0.29) is 11.6 Å². The van der Waals surface area contributed by atoms with E-state index in [1.54, 1.807) is 0 Å². The molecule has 3 fully saturated rings. The molecule has 2 saturated carbocycles. The monoisotopic (exact) mass is 238 g/mol. The second kappa shape index (κ2) is 3.71. The minimum absolute atomic E-state index is 0.102. The summed E-state index contributed by atoms with van der Waals surface area (Å²) in [6.45, 7) is 4.44. The molecule has 1 aliphatic heterocycles. The minimum Gasteiger partial charge on any atom is -0.464 e. The Labute approximate surface area is 103 Å². The van der Waals surface area contributed by atoms with Crippen molar-refractivity contribution in [1.29, 1.82) is 0 Å². The Morgan fingerprint density at radius 1 is 1.41 bits per heavy atom. The van der Waals surface area contributed by atoms with Crippen LogP contribution < -0.4 is 0 Å². The van der Waals surface area contributed by atoms with Gasteiger partial charge >= 0.3 is 5.97 Å². The average Bonchev–Trinajstić information content (AvgIpc) is 2.66. The first-order chi connectivity index (χ1) is 8.18. The van der Waals surface area contributed by atoms with Gasteiger partial charge in [0.2, 0.25) is 0 Å². The fourth-order valence-electron chi connectivity index (χ4n) is 4.36. The van der Waals surface area contributed by atoms with Crippen LogP contribution in [0.15, 0.2) is 0 Å². The SMILES string of the molecule is CCCC1(C(=O)OCC)OC12CC1CCC2C1. The lowest BCUT2D eigenvalue weighted by Crippen LogP contribution is -2.39. The predicted octanol–water partition coefficient (Wildman–Crippen LogP) is 2.68. The quantitative estimate of drug-likeness (QED) is 0.558. The summed E-state index contributed by atoms with van der Waals surface area (Å²) in [7, 11) is 0. The van der Waals surface area contributed by atoms with Gasteiger partial charge in [-0.05, 0) is 50.9 Å². The number of fused-ring (bicyclic) bond motifs is 3. The zero-order valence-corrected chi connectivity index (χ0v) is 10.8. The molecule has 3 heteroatoms. The van der Waals surface area contributed by atoms with Crippen LogP contribution in [-0.2, 0) is 14.3 Å². The van der Waals surface area contributed by atoms with Crippen LogP contribution in [0.4, 0.5) is 0 Å². The van der Waals surface area contributed by atoms with E-state index in [0.29, 0.717) is 12.5 Å². The maximum Gasteiger partial charge on any atom is 0.341 e. The van der Waals surface area contributed by atoms with Gasteiger partial charge in [0, 0.05) is 0 Å². The van der Waals surface area contributed by atoms with Gasteiger partial charge in [0.25, 0.3) is 0 Å². The number of epoxide rings is 1. The van der Waals surface area contributed by atoms with Crippen LogP contribution in [0, 0.1) is 11.8 Å². The number of hydrogen-bond acceptors (Lipinski definition) is 3. The Morgan fingerprint density at radius 3 is 2.76 bits per heavy atom. The summed E-state index contributed by atoms with van der Waals surface area (Å²) in [6.07, 6.45) is 6.75. The lowest BCUT2D eigenvalue weighted by atomic mass is 9.77. The molecule has 4 atom stereocenters. The number of carbonyl (C=O) groups excluding carboxylic acids is 1. The van der Waals surface area contributed by atoms with Crippen LogP contribution in [0.25, 0.3) is 0 Å². The third kappa shape index (κ3) is 1.35. The van der Waals surface area contributed by atoms with E-state index >= 15 is 0 Å². The van der Waals surface area contributed by atoms with Gasteiger partial charge in [0.05, 0.1) is 6.61 Å². The standard InChI is InChI=1S/C14H22O3/c1-3-7-13(12(15)16-4-2)14(17-13)9-10-5-6-11(14)8-10/h10-11H,3-9H2,1-2H3. The van der Waals surface area contributed by atoms with Crippen LogP contribution in [-0.4, -0.2) is 23.8 Å². The first-order valence-corrected chi connectivity index (χ1v) is 7.06. The number of esters is 1. The predicted molar refractivity (Wildman–Crippen MR) is 63.5 cm³/mol. The van der Waals surface area contributed by atoms with Gasteiger partial charge in [-0.25, -0.2) is 4.79 Å². The molecule has 0 amide bonds. The largest absolute Gasteiger partial charge is 0.464 e. The zero-order valence-electron chi connectivity index (χ0n) is 10.8. The van der Waals surface area contributed by atoms with Gasteiger partial charge < -0.3 is 9.47 Å². The summed E-state index contributed by atoms with van der Waals surface area (Å²) >= 11 is 0. The molecule has 0 radical (unpaired) electrons. The van der Waals surface area contributed by atoms with Crippen LogP contribution in [0.3, 0.4) is 0 Å². The van der Waals surface area contributed by atoms with Crippen LogP contribution >= 0.6 is 0 Å². The molecule has 0 aromatic rings. The summed E-state index contributed by atoms with van der Waals surface area (Å²) in [5.74, 6) is 1.31. The van der Waals surface area contributed by atoms with Crippen molar-refractivity contribution < 1.29 is 14.3 Å². The Bertz CT molecular complexity index is 340. The van der Waals surface area contributed by atoms with E-state index in [9.17, 15) is 4.79 Å². The summed E-state index contributed by atoms with van der Waals surface area (Å²) < 4.78 is 11.3. The first kappa shape index (κ1) is 11.5. The van der Waals surface area contributed by atoms with Crippen molar-refractivity contribution in [1.82, 2.24) is 0 Å². The van der Waals surface area contributed by atoms with Gasteiger partial charge in [0.1, 0.15) is 5.60 Å². The molecule has 2 bridgehead atoms. The third-order valence-electron chi connectivity index (χ3n) is 5.00. The van der Waals surface area contributed by atoms with Gasteiger partial charge in [-0.15, -0.1) is 0 Å². The van der Waals surface area contributed by atoms with Crippen LogP contribution in [0.5, 0.6) is 0 Å². The summed E-state index contributed by atoms with van der Waals surface area (Å²) in [5, 5.41) is 0. The second-order valence-electron chi connectivity index (χ2n) is 5.87. The molecule has 3 aliphatic rings. The molecule has 3 nitrogen and oxygen atoms in total. The molecule has 2 aliphatic carbocycles. The summed E-state index contributed by atoms with van der Waals surface area (Å²) in [6, 6.07) is 0. The number of carbonyl (C=O) groups is 1. The Kier molecular flexibility index (Phi) is 2.51. The molecule has 1 heterocycles. The highest BCUT2D eigenvalue weighted by Gasteiger charge is 2.80. The fraction of sp³-hybridized carbons (Fsp3) is 0.929. The van der Waals surface area contributed by atoms with Crippen molar-refractivity contribution in [2.75, 3.05) is 6.61 Å². The van der Waals surface area contributed by atoms with Crippen molar-refractivity contribution >= 4 is 5.97 Å². The normalized spacial score (nSPS) is 46.5. The highest BCUT2D eigenvalue weighted by molar-refractivity contribution is 5.85. The maximum absolute atomic E-state index is 12.2. The van der Waals surface area contributed by atoms with E-state index in [1.807, 2.05) is 6.92 Å². The molecule has 17 heavy (non-hydrogen) atoms. The van der Waals surface area contributed by atoms with Gasteiger partial charge in [-0.1, -0.05) is 13.3 Å². The molecule has 3 rings (SSSR count). The van der Waals surface area contributed by atoms with Crippen molar-refractivity contribution in [3.63, 3.8) is 0 Å². The Hall–Kier alpha value is -0.570. The van der Waals surface area contributed by atoms with Crippen molar-refractivity contribution in [2.24, 2.45) is 11.8 Å². The lowest BCUT2D eigenvalue weighted by molar-refractivity contribution is -0.150.